The molecule has 4 nitrogen and oxygen atoms in total. The smallest absolute Gasteiger partial charge is 0.346 e. The molecule has 0 unspecified atom stereocenters. The van der Waals surface area contributed by atoms with Crippen LogP contribution in [0.15, 0.2) is 90.5 Å². The van der Waals surface area contributed by atoms with E-state index >= 15 is 0 Å². The highest BCUT2D eigenvalue weighted by atomic mass is 16.4. The molecule has 1 N–H and O–H groups in total. The van der Waals surface area contributed by atoms with Crippen molar-refractivity contribution in [2.24, 2.45) is 0 Å². The number of carboxylic acids is 1. The Morgan fingerprint density at radius 3 is 1.52 bits per heavy atom. The van der Waals surface area contributed by atoms with Crippen LogP contribution in [0.4, 0.5) is 0 Å². The molecule has 4 heteroatoms. The molecule has 1 heterocycles. The summed E-state index contributed by atoms with van der Waals surface area (Å²) in [6.45, 7) is 13.6. The molecule has 0 fully saturated rings. The summed E-state index contributed by atoms with van der Waals surface area (Å²) >= 11 is 0. The summed E-state index contributed by atoms with van der Waals surface area (Å²) < 4.78 is 2.36. The minimum atomic E-state index is -1.23. The van der Waals surface area contributed by atoms with Crippen molar-refractivity contribution in [1.82, 2.24) is 4.57 Å². The summed E-state index contributed by atoms with van der Waals surface area (Å²) in [6.07, 6.45) is 5.45. The largest absolute Gasteiger partial charge is 0.477 e. The number of aliphatic carboxylic acids is 1. The van der Waals surface area contributed by atoms with Crippen LogP contribution >= 0.6 is 0 Å². The molecular formula is C38H36N2O2. The number of nitriles is 1. The summed E-state index contributed by atoms with van der Waals surface area (Å²) in [4.78, 5) is 11.1. The van der Waals surface area contributed by atoms with E-state index in [1.807, 2.05) is 30.3 Å². The number of aromatic nitrogens is 1. The molecule has 0 bridgehead atoms. The molecule has 42 heavy (non-hydrogen) atoms. The summed E-state index contributed by atoms with van der Waals surface area (Å²) in [6, 6.07) is 31.5. The van der Waals surface area contributed by atoms with Crippen molar-refractivity contribution >= 4 is 46.0 Å². The van der Waals surface area contributed by atoms with Crippen molar-refractivity contribution in [3.8, 4) is 11.8 Å². The monoisotopic (exact) mass is 552 g/mol. The van der Waals surface area contributed by atoms with Crippen LogP contribution in [0.3, 0.4) is 0 Å². The maximum absolute atomic E-state index is 11.1. The van der Waals surface area contributed by atoms with E-state index in [0.29, 0.717) is 5.56 Å². The molecule has 0 amide bonds. The van der Waals surface area contributed by atoms with Gasteiger partial charge in [-0.25, -0.2) is 4.79 Å². The Bertz CT molecular complexity index is 1830. The average Bonchev–Trinajstić information content (AvgIpc) is 3.28. The van der Waals surface area contributed by atoms with E-state index in [1.165, 1.54) is 39.0 Å². The molecule has 4 aromatic carbocycles. The first-order valence-corrected chi connectivity index (χ1v) is 14.2. The third-order valence-electron chi connectivity index (χ3n) is 7.71. The predicted molar refractivity (Wildman–Crippen MR) is 175 cm³/mol. The van der Waals surface area contributed by atoms with Crippen molar-refractivity contribution < 1.29 is 9.90 Å². The first-order chi connectivity index (χ1) is 19.8. The van der Waals surface area contributed by atoms with Crippen molar-refractivity contribution in [1.29, 1.82) is 5.26 Å². The summed E-state index contributed by atoms with van der Waals surface area (Å²) in [5.74, 6) is -1.23. The number of fused-ring (bicyclic) bond motifs is 3. The molecule has 0 aliphatic carbocycles. The molecule has 0 aliphatic heterocycles. The molecule has 5 aromatic rings. The minimum Gasteiger partial charge on any atom is -0.477 e. The maximum atomic E-state index is 11.1. The van der Waals surface area contributed by atoms with Crippen molar-refractivity contribution in [3.63, 3.8) is 0 Å². The van der Waals surface area contributed by atoms with Gasteiger partial charge in [0.15, 0.2) is 0 Å². The average molecular weight is 553 g/mol. The molecule has 0 saturated heterocycles. The summed E-state index contributed by atoms with van der Waals surface area (Å²) in [5.41, 5.74) is 8.73. The Morgan fingerprint density at radius 2 is 1.12 bits per heavy atom. The third-order valence-corrected chi connectivity index (χ3v) is 7.71. The highest BCUT2D eigenvalue weighted by Gasteiger charge is 2.20. The van der Waals surface area contributed by atoms with Crippen LogP contribution in [-0.2, 0) is 15.6 Å². The van der Waals surface area contributed by atoms with Gasteiger partial charge in [-0.05, 0) is 81.1 Å². The molecular weight excluding hydrogens is 516 g/mol. The Labute approximate surface area is 247 Å². The number of hydrogen-bond donors (Lipinski definition) is 1. The number of benzene rings is 4. The van der Waals surface area contributed by atoms with Gasteiger partial charge in [0.25, 0.3) is 0 Å². The first-order valence-electron chi connectivity index (χ1n) is 14.2. The van der Waals surface area contributed by atoms with Crippen LogP contribution in [-0.4, -0.2) is 15.6 Å². The van der Waals surface area contributed by atoms with Crippen LogP contribution < -0.4 is 0 Å². The van der Waals surface area contributed by atoms with E-state index in [2.05, 4.69) is 113 Å². The molecule has 0 radical (unpaired) electrons. The highest BCUT2D eigenvalue weighted by Crippen LogP contribution is 2.37. The lowest BCUT2D eigenvalue weighted by Gasteiger charge is -2.19. The lowest BCUT2D eigenvalue weighted by Crippen LogP contribution is -2.10. The number of rotatable bonds is 5. The lowest BCUT2D eigenvalue weighted by atomic mass is 9.85. The zero-order valence-electron chi connectivity index (χ0n) is 25.1. The lowest BCUT2D eigenvalue weighted by molar-refractivity contribution is -0.132. The Morgan fingerprint density at radius 1 is 0.690 bits per heavy atom. The van der Waals surface area contributed by atoms with Gasteiger partial charge in [-0.3, -0.25) is 0 Å². The van der Waals surface area contributed by atoms with Crippen molar-refractivity contribution in [3.05, 3.63) is 118 Å². The Hall–Kier alpha value is -4.88. The number of nitrogens with zero attached hydrogens (tertiary/aromatic N) is 2. The maximum Gasteiger partial charge on any atom is 0.346 e. The molecule has 0 saturated carbocycles. The molecule has 1 aromatic heterocycles. The normalized spacial score (nSPS) is 12.7. The van der Waals surface area contributed by atoms with E-state index in [0.717, 1.165) is 16.8 Å². The quantitative estimate of drug-likeness (QED) is 0.134. The van der Waals surface area contributed by atoms with Gasteiger partial charge in [0.2, 0.25) is 0 Å². The fourth-order valence-electron chi connectivity index (χ4n) is 5.17. The van der Waals surface area contributed by atoms with Gasteiger partial charge < -0.3 is 9.67 Å². The molecule has 210 valence electrons. The third kappa shape index (κ3) is 5.78. The predicted octanol–water partition coefficient (Wildman–Crippen LogP) is 9.54. The molecule has 0 aliphatic rings. The van der Waals surface area contributed by atoms with Crippen LogP contribution in [0.1, 0.15) is 69.4 Å². The second-order valence-electron chi connectivity index (χ2n) is 12.9. The van der Waals surface area contributed by atoms with E-state index < -0.39 is 5.97 Å². The minimum absolute atomic E-state index is 0.0628. The standard InChI is InChI=1S/C38H36N2O2/c1-37(2,3)29-15-19-34-32(22-29)33-23-30(38(4,5)6)16-20-35(33)40(34)31-17-13-26(14-18-31)8-7-25-9-11-27(12-10-25)21-28(24-39)36(41)42/h7-23H,1-6H3,(H,41,42)/b8-7+,28-21-. The summed E-state index contributed by atoms with van der Waals surface area (Å²) in [7, 11) is 0. The zero-order valence-corrected chi connectivity index (χ0v) is 25.1. The SMILES string of the molecule is CC(C)(C)c1ccc2c(c1)c1cc(C(C)(C)C)ccc1n2-c1ccc(/C=C/c2ccc(/C=C(/C#N)C(=O)O)cc2)cc1. The van der Waals surface area contributed by atoms with E-state index in [-0.39, 0.29) is 16.4 Å². The first kappa shape index (κ1) is 28.6. The highest BCUT2D eigenvalue weighted by molar-refractivity contribution is 6.10. The molecule has 0 atom stereocenters. The number of carbonyl (C=O) groups is 1. The van der Waals surface area contributed by atoms with E-state index in [4.69, 9.17) is 10.4 Å². The van der Waals surface area contributed by atoms with Gasteiger partial charge in [0, 0.05) is 16.5 Å². The number of carboxylic acid groups (broad SMARTS) is 1. The summed E-state index contributed by atoms with van der Waals surface area (Å²) in [5, 5.41) is 20.6. The van der Waals surface area contributed by atoms with Crippen LogP contribution in [0, 0.1) is 11.3 Å². The van der Waals surface area contributed by atoms with Crippen LogP contribution in [0.5, 0.6) is 0 Å². The second kappa shape index (κ2) is 10.8. The van der Waals surface area contributed by atoms with Crippen LogP contribution in [0.2, 0.25) is 0 Å². The fourth-order valence-corrected chi connectivity index (χ4v) is 5.17. The van der Waals surface area contributed by atoms with E-state index in [9.17, 15) is 4.79 Å². The second-order valence-corrected chi connectivity index (χ2v) is 12.9. The van der Waals surface area contributed by atoms with Crippen molar-refractivity contribution in [2.45, 2.75) is 52.4 Å². The van der Waals surface area contributed by atoms with Gasteiger partial charge in [-0.1, -0.05) is 102 Å². The van der Waals surface area contributed by atoms with Crippen molar-refractivity contribution in [2.75, 3.05) is 0 Å². The fraction of sp³-hybridized carbons (Fsp3) is 0.211. The van der Waals surface area contributed by atoms with Gasteiger partial charge >= 0.3 is 5.97 Å². The molecule has 5 rings (SSSR count). The topological polar surface area (TPSA) is 66.0 Å². The van der Waals surface area contributed by atoms with Crippen LogP contribution in [0.25, 0.3) is 45.7 Å². The van der Waals surface area contributed by atoms with Gasteiger partial charge in [-0.2, -0.15) is 5.26 Å². The Kier molecular flexibility index (Phi) is 7.39. The van der Waals surface area contributed by atoms with Gasteiger partial charge in [0.05, 0.1) is 11.0 Å². The van der Waals surface area contributed by atoms with E-state index in [1.54, 1.807) is 6.07 Å². The Balaban J connectivity index is 1.50. The molecule has 0 spiro atoms. The number of hydrogen-bond acceptors (Lipinski definition) is 2. The van der Waals surface area contributed by atoms with Gasteiger partial charge in [-0.15, -0.1) is 0 Å². The van der Waals surface area contributed by atoms with Gasteiger partial charge in [0.1, 0.15) is 11.6 Å². The zero-order chi connectivity index (χ0) is 30.2.